The minimum atomic E-state index is -0.0898. The lowest BCUT2D eigenvalue weighted by atomic mass is 9.81. The molecule has 10 nitrogen and oxygen atoms in total. The number of amides is 1. The number of nitrogens with zero attached hydrogens (tertiary/aromatic N) is 5. The van der Waals surface area contributed by atoms with E-state index in [1.807, 2.05) is 25.7 Å². The molecule has 3 aromatic rings. The lowest BCUT2D eigenvalue weighted by molar-refractivity contribution is -0.137. The van der Waals surface area contributed by atoms with Crippen LogP contribution in [0.1, 0.15) is 49.8 Å². The molecule has 10 heteroatoms. The summed E-state index contributed by atoms with van der Waals surface area (Å²) >= 11 is 0. The van der Waals surface area contributed by atoms with Gasteiger partial charge in [-0.25, -0.2) is 0 Å². The third-order valence-corrected chi connectivity index (χ3v) is 8.55. The fourth-order valence-electron chi connectivity index (χ4n) is 6.64. The summed E-state index contributed by atoms with van der Waals surface area (Å²) < 4.78 is 22.9. The second-order valence-electron chi connectivity index (χ2n) is 11.9. The summed E-state index contributed by atoms with van der Waals surface area (Å²) in [6.07, 6.45) is 0.303. The summed E-state index contributed by atoms with van der Waals surface area (Å²) in [5.41, 5.74) is 3.35. The van der Waals surface area contributed by atoms with Crippen LogP contribution in [0.15, 0.2) is 60.7 Å². The molecule has 1 unspecified atom stereocenters. The van der Waals surface area contributed by atoms with Gasteiger partial charge in [-0.1, -0.05) is 60.7 Å². The third-order valence-electron chi connectivity index (χ3n) is 8.55. The molecule has 45 heavy (non-hydrogen) atoms. The average molecular weight is 618 g/mol. The average Bonchev–Trinajstić information content (AvgIpc) is 3.05. The molecule has 2 saturated heterocycles. The number of hydrogen-bond donors (Lipinski definition) is 0. The predicted octanol–water partition coefficient (Wildman–Crippen LogP) is 4.24. The quantitative estimate of drug-likeness (QED) is 0.280. The Morgan fingerprint density at radius 3 is 2.18 bits per heavy atom. The van der Waals surface area contributed by atoms with Crippen molar-refractivity contribution in [2.24, 2.45) is 0 Å². The number of ether oxygens (including phenoxy) is 4. The van der Waals surface area contributed by atoms with Gasteiger partial charge in [0.15, 0.2) is 0 Å². The fraction of sp³-hybridized carbons (Fsp3) is 0.514. The molecule has 0 bridgehead atoms. The highest BCUT2D eigenvalue weighted by molar-refractivity contribution is 5.76. The van der Waals surface area contributed by atoms with Crippen molar-refractivity contribution in [1.29, 1.82) is 0 Å². The lowest BCUT2D eigenvalue weighted by Crippen LogP contribution is -2.67. The van der Waals surface area contributed by atoms with Crippen molar-refractivity contribution >= 4 is 5.91 Å². The molecule has 2 atom stereocenters. The molecule has 0 radical (unpaired) electrons. The maximum Gasteiger partial charge on any atom is 0.323 e. The number of hydrogen-bond acceptors (Lipinski definition) is 9. The standard InChI is InChI=1S/C35H47N5O5/c1-6-44-35-36-33(43-5)29(34(37-35)45-25(2)3)23-38-21-28-22-39(31(41)17-20-42-4)18-19-40(28)30(24-38)32(26-13-9-7-10-14-26)27-15-11-8-12-16-27/h7-16,25,28,30,32H,6,17-24H2,1-5H3/t28-,30?/m1/s1. The van der Waals surface area contributed by atoms with E-state index < -0.39 is 0 Å². The minimum Gasteiger partial charge on any atom is -0.481 e. The maximum absolute atomic E-state index is 13.1. The predicted molar refractivity (Wildman–Crippen MR) is 173 cm³/mol. The van der Waals surface area contributed by atoms with E-state index in [2.05, 4.69) is 80.4 Å². The van der Waals surface area contributed by atoms with Crippen molar-refractivity contribution in [2.45, 2.75) is 57.8 Å². The Labute approximate surface area is 267 Å². The number of aromatic nitrogens is 2. The Kier molecular flexibility index (Phi) is 11.3. The van der Waals surface area contributed by atoms with Crippen molar-refractivity contribution in [2.75, 3.05) is 60.2 Å². The van der Waals surface area contributed by atoms with Gasteiger partial charge in [-0.05, 0) is 31.9 Å². The molecule has 2 aliphatic rings. The molecule has 3 heterocycles. The summed E-state index contributed by atoms with van der Waals surface area (Å²) in [4.78, 5) is 29.4. The summed E-state index contributed by atoms with van der Waals surface area (Å²) in [5, 5.41) is 0. The van der Waals surface area contributed by atoms with Gasteiger partial charge in [0.2, 0.25) is 17.7 Å². The first-order valence-electron chi connectivity index (χ1n) is 16.0. The van der Waals surface area contributed by atoms with Crippen LogP contribution in [0.4, 0.5) is 0 Å². The number of benzene rings is 2. The van der Waals surface area contributed by atoms with E-state index in [1.165, 1.54) is 11.1 Å². The van der Waals surface area contributed by atoms with Crippen LogP contribution in [0.25, 0.3) is 0 Å². The smallest absolute Gasteiger partial charge is 0.323 e. The van der Waals surface area contributed by atoms with Crippen LogP contribution < -0.4 is 14.2 Å². The van der Waals surface area contributed by atoms with Gasteiger partial charge in [0, 0.05) is 64.4 Å². The Morgan fingerprint density at radius 1 is 0.911 bits per heavy atom. The number of carbonyl (C=O) groups is 1. The van der Waals surface area contributed by atoms with E-state index in [0.717, 1.165) is 25.2 Å². The van der Waals surface area contributed by atoms with E-state index in [4.69, 9.17) is 18.9 Å². The Balaban J connectivity index is 1.53. The second kappa shape index (κ2) is 15.5. The van der Waals surface area contributed by atoms with Gasteiger partial charge >= 0.3 is 6.01 Å². The number of carbonyl (C=O) groups excluding carboxylic acids is 1. The highest BCUT2D eigenvalue weighted by atomic mass is 16.5. The number of rotatable bonds is 13. The molecule has 2 aromatic carbocycles. The topological polar surface area (TPSA) is 89.5 Å². The van der Waals surface area contributed by atoms with Crippen LogP contribution in [0.2, 0.25) is 0 Å². The molecule has 1 aromatic heterocycles. The van der Waals surface area contributed by atoms with Gasteiger partial charge in [-0.15, -0.1) is 0 Å². The van der Waals surface area contributed by atoms with Crippen molar-refractivity contribution in [1.82, 2.24) is 24.7 Å². The summed E-state index contributed by atoms with van der Waals surface area (Å²) in [6, 6.07) is 22.1. The van der Waals surface area contributed by atoms with Crippen LogP contribution in [-0.2, 0) is 16.1 Å². The van der Waals surface area contributed by atoms with Gasteiger partial charge in [0.1, 0.15) is 0 Å². The second-order valence-corrected chi connectivity index (χ2v) is 11.9. The number of piperazine rings is 2. The molecule has 0 N–H and O–H groups in total. The van der Waals surface area contributed by atoms with Crippen LogP contribution in [0.3, 0.4) is 0 Å². The molecule has 0 saturated carbocycles. The fourth-order valence-corrected chi connectivity index (χ4v) is 6.64. The molecule has 1 amide bonds. The molecule has 0 spiro atoms. The molecule has 0 aliphatic carbocycles. The first kappa shape index (κ1) is 32.7. The Morgan fingerprint density at radius 2 is 1.58 bits per heavy atom. The van der Waals surface area contributed by atoms with E-state index in [-0.39, 0.29) is 36.0 Å². The molecule has 242 valence electrons. The van der Waals surface area contributed by atoms with Crippen molar-refractivity contribution in [3.05, 3.63) is 77.4 Å². The van der Waals surface area contributed by atoms with Gasteiger partial charge in [-0.3, -0.25) is 14.6 Å². The third kappa shape index (κ3) is 7.92. The molecular formula is C35H47N5O5. The van der Waals surface area contributed by atoms with Crippen molar-refractivity contribution in [3.63, 3.8) is 0 Å². The molecular weight excluding hydrogens is 570 g/mol. The molecule has 2 aliphatic heterocycles. The zero-order valence-electron chi connectivity index (χ0n) is 27.2. The largest absolute Gasteiger partial charge is 0.481 e. The van der Waals surface area contributed by atoms with E-state index >= 15 is 0 Å². The zero-order chi connectivity index (χ0) is 31.8. The minimum absolute atomic E-state index is 0.0898. The van der Waals surface area contributed by atoms with Gasteiger partial charge < -0.3 is 23.8 Å². The monoisotopic (exact) mass is 617 g/mol. The number of fused-ring (bicyclic) bond motifs is 1. The zero-order valence-corrected chi connectivity index (χ0v) is 27.2. The summed E-state index contributed by atoms with van der Waals surface area (Å²) in [7, 11) is 3.26. The molecule has 5 rings (SSSR count). The van der Waals surface area contributed by atoms with Crippen LogP contribution in [0.5, 0.6) is 17.8 Å². The van der Waals surface area contributed by atoms with Crippen LogP contribution in [0, 0.1) is 0 Å². The summed E-state index contributed by atoms with van der Waals surface area (Å²) in [5.74, 6) is 1.20. The van der Waals surface area contributed by atoms with Gasteiger partial charge in [0.25, 0.3) is 0 Å². The van der Waals surface area contributed by atoms with E-state index in [0.29, 0.717) is 51.0 Å². The lowest BCUT2D eigenvalue weighted by Gasteiger charge is -2.53. The Hall–Kier alpha value is -3.73. The van der Waals surface area contributed by atoms with Crippen molar-refractivity contribution in [3.8, 4) is 17.8 Å². The van der Waals surface area contributed by atoms with E-state index in [1.54, 1.807) is 14.2 Å². The van der Waals surface area contributed by atoms with E-state index in [9.17, 15) is 4.79 Å². The SMILES string of the molecule is CCOc1nc(OC)c(CN2CC(C(c3ccccc3)c3ccccc3)N3CCN(C(=O)CCOC)C[C@H]3C2)c(OC(C)C)n1. The van der Waals surface area contributed by atoms with Crippen LogP contribution in [-0.4, -0.2) is 109 Å². The highest BCUT2D eigenvalue weighted by Crippen LogP contribution is 2.37. The first-order chi connectivity index (χ1) is 21.9. The Bertz CT molecular complexity index is 1340. The normalized spacial score (nSPS) is 19.0. The van der Waals surface area contributed by atoms with Crippen molar-refractivity contribution < 1.29 is 23.7 Å². The van der Waals surface area contributed by atoms with Gasteiger partial charge in [0.05, 0.1) is 38.4 Å². The highest BCUT2D eigenvalue weighted by Gasteiger charge is 2.43. The first-order valence-corrected chi connectivity index (χ1v) is 16.0. The molecule has 2 fully saturated rings. The van der Waals surface area contributed by atoms with Crippen LogP contribution >= 0.6 is 0 Å². The van der Waals surface area contributed by atoms with Gasteiger partial charge in [-0.2, -0.15) is 9.97 Å². The summed E-state index contributed by atoms with van der Waals surface area (Å²) in [6.45, 7) is 11.0. The number of methoxy groups -OCH3 is 2. The maximum atomic E-state index is 13.1.